The minimum absolute atomic E-state index is 0.00993. The first kappa shape index (κ1) is 24.8. The van der Waals surface area contributed by atoms with Crippen LogP contribution in [0.1, 0.15) is 99.8 Å². The van der Waals surface area contributed by atoms with E-state index in [0.29, 0.717) is 30.1 Å². The monoisotopic (exact) mass is 472 g/mol. The average molecular weight is 473 g/mol. The zero-order chi connectivity index (χ0) is 25.1. The fraction of sp³-hybridized carbons (Fsp3) is 0.900. The molecule has 0 aromatic rings. The Hall–Kier alpha value is -0.870. The van der Waals surface area contributed by atoms with E-state index in [0.717, 1.165) is 44.9 Å². The molecule has 5 aliphatic rings. The van der Waals surface area contributed by atoms with E-state index in [2.05, 4.69) is 54.5 Å². The number of carbonyl (C=O) groups is 1. The first-order chi connectivity index (χ1) is 15.7. The summed E-state index contributed by atoms with van der Waals surface area (Å²) in [6.45, 7) is 16.3. The molecule has 192 valence electrons. The molecule has 3 N–H and O–H groups in total. The van der Waals surface area contributed by atoms with Crippen molar-refractivity contribution in [1.29, 1.82) is 0 Å². The van der Waals surface area contributed by atoms with Gasteiger partial charge in [0.15, 0.2) is 0 Å². The number of hydrogen-bond acceptors (Lipinski definition) is 3. The summed E-state index contributed by atoms with van der Waals surface area (Å²) in [4.78, 5) is 12.8. The maximum Gasteiger partial charge on any atom is 0.310 e. The zero-order valence-electron chi connectivity index (χ0n) is 22.5. The van der Waals surface area contributed by atoms with Crippen molar-refractivity contribution in [1.82, 2.24) is 0 Å². The third kappa shape index (κ3) is 2.76. The highest BCUT2D eigenvalue weighted by atomic mass is 16.4. The number of carboxylic acids is 1. The summed E-state index contributed by atoms with van der Waals surface area (Å²) < 4.78 is 0. The third-order valence-corrected chi connectivity index (χ3v) is 13.4. The highest BCUT2D eigenvalue weighted by molar-refractivity contribution is 5.76. The molecule has 0 saturated heterocycles. The van der Waals surface area contributed by atoms with Crippen LogP contribution in [-0.2, 0) is 4.79 Å². The van der Waals surface area contributed by atoms with Crippen molar-refractivity contribution in [2.45, 2.75) is 112 Å². The van der Waals surface area contributed by atoms with Crippen molar-refractivity contribution in [3.05, 3.63) is 11.6 Å². The van der Waals surface area contributed by atoms with Crippen LogP contribution in [0.2, 0.25) is 0 Å². The Kier molecular flexibility index (Phi) is 5.36. The summed E-state index contributed by atoms with van der Waals surface area (Å²) in [5, 5.41) is 32.4. The summed E-state index contributed by atoms with van der Waals surface area (Å²) >= 11 is 0. The van der Waals surface area contributed by atoms with Gasteiger partial charge < -0.3 is 15.3 Å². The summed E-state index contributed by atoms with van der Waals surface area (Å²) in [5.74, 6) is 1.30. The fourth-order valence-electron chi connectivity index (χ4n) is 11.0. The van der Waals surface area contributed by atoms with Crippen LogP contribution in [0.15, 0.2) is 11.6 Å². The molecule has 0 aromatic carbocycles. The number of aliphatic carboxylic acids is 1. The predicted octanol–water partition coefficient (Wildman–Crippen LogP) is 6.06. The van der Waals surface area contributed by atoms with Crippen molar-refractivity contribution >= 4 is 5.97 Å². The second-order valence-electron chi connectivity index (χ2n) is 14.6. The molecule has 5 aliphatic carbocycles. The first-order valence-electron chi connectivity index (χ1n) is 14.0. The van der Waals surface area contributed by atoms with Gasteiger partial charge >= 0.3 is 5.97 Å². The Labute approximate surface area is 206 Å². The number of allylic oxidation sites excluding steroid dienone is 2. The van der Waals surface area contributed by atoms with Gasteiger partial charge in [-0.05, 0) is 103 Å². The molecule has 0 unspecified atom stereocenters. The molecule has 0 spiro atoms. The molecule has 4 nitrogen and oxygen atoms in total. The van der Waals surface area contributed by atoms with Crippen LogP contribution >= 0.6 is 0 Å². The Morgan fingerprint density at radius 1 is 0.941 bits per heavy atom. The molecule has 0 aromatic heterocycles. The van der Waals surface area contributed by atoms with Gasteiger partial charge in [-0.2, -0.15) is 0 Å². The molecule has 5 rings (SSSR count). The van der Waals surface area contributed by atoms with E-state index in [4.69, 9.17) is 0 Å². The Bertz CT molecular complexity index is 907. The van der Waals surface area contributed by atoms with Crippen molar-refractivity contribution in [3.8, 4) is 0 Å². The quantitative estimate of drug-likeness (QED) is 0.405. The molecule has 0 aliphatic heterocycles. The molecule has 0 bridgehead atoms. The van der Waals surface area contributed by atoms with Crippen molar-refractivity contribution in [2.24, 2.45) is 56.7 Å². The van der Waals surface area contributed by atoms with Crippen LogP contribution in [0, 0.1) is 56.7 Å². The zero-order valence-corrected chi connectivity index (χ0v) is 22.5. The third-order valence-electron chi connectivity index (χ3n) is 13.4. The smallest absolute Gasteiger partial charge is 0.310 e. The molecule has 0 radical (unpaired) electrons. The molecule has 11 atom stereocenters. The fourth-order valence-corrected chi connectivity index (χ4v) is 11.0. The van der Waals surface area contributed by atoms with Gasteiger partial charge in [0.2, 0.25) is 0 Å². The van der Waals surface area contributed by atoms with Gasteiger partial charge in [-0.15, -0.1) is 0 Å². The maximum absolute atomic E-state index is 12.8. The summed E-state index contributed by atoms with van der Waals surface area (Å²) in [6, 6.07) is 0. The van der Waals surface area contributed by atoms with Crippen LogP contribution < -0.4 is 0 Å². The van der Waals surface area contributed by atoms with E-state index >= 15 is 0 Å². The van der Waals surface area contributed by atoms with E-state index < -0.39 is 23.6 Å². The second kappa shape index (κ2) is 7.34. The minimum Gasteiger partial charge on any atom is -0.481 e. The Morgan fingerprint density at radius 2 is 1.62 bits per heavy atom. The van der Waals surface area contributed by atoms with Gasteiger partial charge in [0.25, 0.3) is 0 Å². The highest BCUT2D eigenvalue weighted by Gasteiger charge is 2.70. The number of rotatable bonds is 1. The first-order valence-corrected chi connectivity index (χ1v) is 14.0. The lowest BCUT2D eigenvalue weighted by Crippen LogP contribution is -2.67. The molecule has 4 fully saturated rings. The SMILES string of the molecule is C[C@H]1[C@H](C)CC[C@]2(C(=O)O)CC[C@]3(C)C(=CC[C@@H]4[C@@]5(C)C[C@@H](O)[C@H](O)C(C)(C)[C@H]5CC[C@]43C)[C@@H]12. The molecule has 0 amide bonds. The van der Waals surface area contributed by atoms with Crippen LogP contribution in [0.5, 0.6) is 0 Å². The standard InChI is InChI=1S/C30H48O4/c1-17-10-13-30(25(33)34)15-14-28(6)19(23(30)18(17)2)8-9-22-27(5)16-20(31)24(32)26(3,4)21(27)11-12-29(22,28)7/h8,17-18,20-24,31-32H,9-16H2,1-7H3,(H,33,34)/t17-,18+,20-,21-,22-,23-,24+,27+,28-,29-,30+/m1/s1. The molecule has 4 saturated carbocycles. The van der Waals surface area contributed by atoms with Crippen LogP contribution in [0.4, 0.5) is 0 Å². The highest BCUT2D eigenvalue weighted by Crippen LogP contribution is 2.75. The topological polar surface area (TPSA) is 77.8 Å². The summed E-state index contributed by atoms with van der Waals surface area (Å²) in [5.41, 5.74) is 0.574. The van der Waals surface area contributed by atoms with E-state index in [1.165, 1.54) is 5.57 Å². The Morgan fingerprint density at radius 3 is 2.26 bits per heavy atom. The summed E-state index contributed by atoms with van der Waals surface area (Å²) in [6.07, 6.45) is 8.53. The van der Waals surface area contributed by atoms with Crippen LogP contribution in [0.25, 0.3) is 0 Å². The molecule has 0 heterocycles. The Balaban J connectivity index is 1.62. The van der Waals surface area contributed by atoms with Gasteiger partial charge in [-0.3, -0.25) is 4.79 Å². The lowest BCUT2D eigenvalue weighted by Gasteiger charge is -2.71. The van der Waals surface area contributed by atoms with E-state index in [-0.39, 0.29) is 27.6 Å². The van der Waals surface area contributed by atoms with Gasteiger partial charge in [-0.1, -0.05) is 60.1 Å². The van der Waals surface area contributed by atoms with Crippen molar-refractivity contribution in [2.75, 3.05) is 0 Å². The lowest BCUT2D eigenvalue weighted by atomic mass is 9.33. The lowest BCUT2D eigenvalue weighted by molar-refractivity contribution is -0.232. The number of carboxylic acid groups (broad SMARTS) is 1. The molecule has 34 heavy (non-hydrogen) atoms. The van der Waals surface area contributed by atoms with Gasteiger partial charge in [0.1, 0.15) is 0 Å². The van der Waals surface area contributed by atoms with Gasteiger partial charge in [-0.25, -0.2) is 0 Å². The van der Waals surface area contributed by atoms with E-state index in [9.17, 15) is 20.1 Å². The summed E-state index contributed by atoms with van der Waals surface area (Å²) in [7, 11) is 0. The number of fused-ring (bicyclic) bond motifs is 7. The van der Waals surface area contributed by atoms with Crippen molar-refractivity contribution < 1.29 is 20.1 Å². The van der Waals surface area contributed by atoms with E-state index in [1.807, 2.05) is 0 Å². The molecular formula is C30H48O4. The van der Waals surface area contributed by atoms with Crippen molar-refractivity contribution in [3.63, 3.8) is 0 Å². The number of aliphatic hydroxyl groups is 2. The predicted molar refractivity (Wildman–Crippen MR) is 134 cm³/mol. The molecular weight excluding hydrogens is 424 g/mol. The average Bonchev–Trinajstić information content (AvgIpc) is 2.75. The normalized spacial score (nSPS) is 56.3. The number of hydrogen-bond donors (Lipinski definition) is 3. The minimum atomic E-state index is -0.679. The van der Waals surface area contributed by atoms with Crippen LogP contribution in [-0.4, -0.2) is 33.5 Å². The van der Waals surface area contributed by atoms with E-state index in [1.54, 1.807) is 0 Å². The molecule has 4 heteroatoms. The van der Waals surface area contributed by atoms with Crippen LogP contribution in [0.3, 0.4) is 0 Å². The second-order valence-corrected chi connectivity index (χ2v) is 14.6. The maximum atomic E-state index is 12.8. The van der Waals surface area contributed by atoms with Gasteiger partial charge in [0.05, 0.1) is 17.6 Å². The number of aliphatic hydroxyl groups excluding tert-OH is 2. The van der Waals surface area contributed by atoms with Gasteiger partial charge in [0, 0.05) is 0 Å². The largest absolute Gasteiger partial charge is 0.481 e.